The quantitative estimate of drug-likeness (QED) is 0.690. The van der Waals surface area contributed by atoms with E-state index in [-0.39, 0.29) is 18.4 Å². The normalized spacial score (nSPS) is 19.0. The minimum atomic E-state index is -0.622. The number of hydrogen-bond acceptors (Lipinski definition) is 5. The van der Waals surface area contributed by atoms with Gasteiger partial charge in [0.2, 0.25) is 5.91 Å². The molecule has 1 aliphatic carbocycles. The number of rotatable bonds is 6. The summed E-state index contributed by atoms with van der Waals surface area (Å²) in [6.07, 6.45) is 2.47. The van der Waals surface area contributed by atoms with Crippen molar-refractivity contribution in [2.75, 3.05) is 11.9 Å². The molecule has 0 fully saturated rings. The van der Waals surface area contributed by atoms with Crippen LogP contribution in [0.2, 0.25) is 0 Å². The van der Waals surface area contributed by atoms with Crippen LogP contribution in [0, 0.1) is 17.2 Å². The molecule has 1 aliphatic rings. The number of hydrogen-bond donors (Lipinski definition) is 1. The third-order valence-electron chi connectivity index (χ3n) is 5.67. The number of nitrogens with zero attached hydrogens (tertiary/aromatic N) is 1. The van der Waals surface area contributed by atoms with Crippen molar-refractivity contribution in [3.8, 4) is 6.07 Å². The number of benzene rings is 1. The Kier molecular flexibility index (Phi) is 6.39. The number of carbonyl (C=O) groups excluding carboxylic acids is 2. The molecule has 1 aromatic heterocycles. The van der Waals surface area contributed by atoms with Gasteiger partial charge >= 0.3 is 5.97 Å². The smallest absolute Gasteiger partial charge is 0.341 e. The van der Waals surface area contributed by atoms with E-state index in [1.807, 2.05) is 44.2 Å². The molecule has 1 aromatic carbocycles. The van der Waals surface area contributed by atoms with E-state index in [4.69, 9.17) is 4.74 Å². The molecule has 6 heteroatoms. The molecule has 29 heavy (non-hydrogen) atoms. The van der Waals surface area contributed by atoms with Crippen LogP contribution >= 0.6 is 11.3 Å². The standard InChI is InChI=1S/C23H26N2O3S/c1-4-15(3)20(26)25-21-19(22(27)28-5-2)17-11-12-23(14-24,13-18(17)29-21)16-9-7-6-8-10-16/h6-10,15H,4-5,11-13H2,1-3H3,(H,25,26)/t15-,23+/m0/s1. The number of nitriles is 1. The lowest BCUT2D eigenvalue weighted by atomic mass is 9.70. The van der Waals surface area contributed by atoms with E-state index in [1.165, 1.54) is 11.3 Å². The van der Waals surface area contributed by atoms with Crippen molar-refractivity contribution < 1.29 is 14.3 Å². The number of ether oxygens (including phenoxy) is 1. The van der Waals surface area contributed by atoms with Crippen LogP contribution in [0.25, 0.3) is 0 Å². The Balaban J connectivity index is 2.02. The average molecular weight is 411 g/mol. The van der Waals surface area contributed by atoms with Crippen LogP contribution in [0.3, 0.4) is 0 Å². The summed E-state index contributed by atoms with van der Waals surface area (Å²) in [5.74, 6) is -0.661. The largest absolute Gasteiger partial charge is 0.462 e. The molecule has 2 aromatic rings. The van der Waals surface area contributed by atoms with E-state index in [9.17, 15) is 14.9 Å². The predicted molar refractivity (Wildman–Crippen MR) is 114 cm³/mol. The fourth-order valence-corrected chi connectivity index (χ4v) is 5.06. The first-order chi connectivity index (χ1) is 14.0. The third-order valence-corrected chi connectivity index (χ3v) is 6.82. The Morgan fingerprint density at radius 2 is 2.03 bits per heavy atom. The molecule has 3 rings (SSSR count). The molecule has 1 amide bonds. The number of carbonyl (C=O) groups is 2. The molecule has 1 N–H and O–H groups in total. The zero-order valence-electron chi connectivity index (χ0n) is 17.1. The lowest BCUT2D eigenvalue weighted by Gasteiger charge is -2.31. The summed E-state index contributed by atoms with van der Waals surface area (Å²) in [6, 6.07) is 12.3. The molecule has 152 valence electrons. The summed E-state index contributed by atoms with van der Waals surface area (Å²) >= 11 is 1.40. The highest BCUT2D eigenvalue weighted by molar-refractivity contribution is 7.17. The zero-order valence-corrected chi connectivity index (χ0v) is 17.9. The van der Waals surface area contributed by atoms with E-state index in [2.05, 4.69) is 11.4 Å². The third kappa shape index (κ3) is 4.06. The van der Waals surface area contributed by atoms with Gasteiger partial charge in [-0.05, 0) is 37.3 Å². The van der Waals surface area contributed by atoms with Crippen LogP contribution in [0.15, 0.2) is 30.3 Å². The van der Waals surface area contributed by atoms with Gasteiger partial charge in [-0.15, -0.1) is 11.3 Å². The number of anilines is 1. The van der Waals surface area contributed by atoms with E-state index < -0.39 is 11.4 Å². The zero-order chi connectivity index (χ0) is 21.0. The van der Waals surface area contributed by atoms with Crippen molar-refractivity contribution in [1.29, 1.82) is 5.26 Å². The summed E-state index contributed by atoms with van der Waals surface area (Å²) in [5, 5.41) is 13.5. The first kappa shape index (κ1) is 21.1. The fourth-order valence-electron chi connectivity index (χ4n) is 3.71. The number of fused-ring (bicyclic) bond motifs is 1. The molecule has 0 saturated carbocycles. The van der Waals surface area contributed by atoms with E-state index in [0.717, 1.165) is 22.4 Å². The minimum absolute atomic E-state index is 0.105. The fraction of sp³-hybridized carbons (Fsp3) is 0.435. The SMILES string of the molecule is CCOC(=O)c1c(NC(=O)[C@@H](C)CC)sc2c1CC[C@@](C#N)(c1ccccc1)C2. The molecule has 1 heterocycles. The number of thiophene rings is 1. The van der Waals surface area contributed by atoms with Gasteiger partial charge in [0.15, 0.2) is 0 Å². The Hall–Kier alpha value is -2.65. The monoisotopic (exact) mass is 410 g/mol. The highest BCUT2D eigenvalue weighted by Gasteiger charge is 2.40. The second-order valence-corrected chi connectivity index (χ2v) is 8.57. The highest BCUT2D eigenvalue weighted by atomic mass is 32.1. The second kappa shape index (κ2) is 8.79. The Morgan fingerprint density at radius 1 is 1.31 bits per heavy atom. The molecule has 2 atom stereocenters. The maximum Gasteiger partial charge on any atom is 0.341 e. The van der Waals surface area contributed by atoms with E-state index >= 15 is 0 Å². The van der Waals surface area contributed by atoms with Crippen molar-refractivity contribution in [3.05, 3.63) is 51.9 Å². The summed E-state index contributed by atoms with van der Waals surface area (Å²) < 4.78 is 5.28. The first-order valence-corrected chi connectivity index (χ1v) is 10.9. The molecule has 0 saturated heterocycles. The lowest BCUT2D eigenvalue weighted by molar-refractivity contribution is -0.119. The van der Waals surface area contributed by atoms with Crippen LogP contribution in [0.4, 0.5) is 5.00 Å². The van der Waals surface area contributed by atoms with Crippen LogP contribution < -0.4 is 5.32 Å². The van der Waals surface area contributed by atoms with Gasteiger partial charge in [-0.25, -0.2) is 4.79 Å². The molecular formula is C23H26N2O3S. The van der Waals surface area contributed by atoms with Gasteiger partial charge in [0, 0.05) is 17.2 Å². The van der Waals surface area contributed by atoms with Gasteiger partial charge < -0.3 is 10.1 Å². The van der Waals surface area contributed by atoms with E-state index in [0.29, 0.717) is 29.8 Å². The minimum Gasteiger partial charge on any atom is -0.462 e. The summed E-state index contributed by atoms with van der Waals surface area (Å²) in [7, 11) is 0. The lowest BCUT2D eigenvalue weighted by Crippen LogP contribution is -2.31. The van der Waals surface area contributed by atoms with Crippen molar-refractivity contribution in [1.82, 2.24) is 0 Å². The van der Waals surface area contributed by atoms with Crippen molar-refractivity contribution in [3.63, 3.8) is 0 Å². The number of amides is 1. The Labute approximate surface area is 175 Å². The van der Waals surface area contributed by atoms with Crippen LogP contribution in [-0.2, 0) is 27.8 Å². The van der Waals surface area contributed by atoms with Gasteiger partial charge in [-0.1, -0.05) is 44.2 Å². The van der Waals surface area contributed by atoms with Crippen molar-refractivity contribution in [2.45, 2.75) is 51.9 Å². The van der Waals surface area contributed by atoms with Gasteiger partial charge in [-0.3, -0.25) is 4.79 Å². The predicted octanol–water partition coefficient (Wildman–Crippen LogP) is 4.86. The van der Waals surface area contributed by atoms with Gasteiger partial charge in [0.05, 0.1) is 23.7 Å². The van der Waals surface area contributed by atoms with Gasteiger partial charge in [0.1, 0.15) is 5.00 Å². The molecule has 0 radical (unpaired) electrons. The van der Waals surface area contributed by atoms with E-state index in [1.54, 1.807) is 6.92 Å². The summed E-state index contributed by atoms with van der Waals surface area (Å²) in [6.45, 7) is 5.86. The second-order valence-electron chi connectivity index (χ2n) is 7.46. The molecular weight excluding hydrogens is 384 g/mol. The van der Waals surface area contributed by atoms with Gasteiger partial charge in [-0.2, -0.15) is 5.26 Å². The number of esters is 1. The Bertz CT molecular complexity index is 945. The maximum atomic E-state index is 12.7. The molecule has 0 unspecified atom stereocenters. The molecule has 0 bridgehead atoms. The highest BCUT2D eigenvalue weighted by Crippen LogP contribution is 2.45. The summed E-state index contributed by atoms with van der Waals surface area (Å²) in [4.78, 5) is 26.1. The van der Waals surface area contributed by atoms with Crippen molar-refractivity contribution >= 4 is 28.2 Å². The molecule has 0 spiro atoms. The average Bonchev–Trinajstić information content (AvgIpc) is 3.10. The van der Waals surface area contributed by atoms with Crippen LogP contribution in [0.1, 0.15) is 60.0 Å². The van der Waals surface area contributed by atoms with Gasteiger partial charge in [0.25, 0.3) is 0 Å². The summed E-state index contributed by atoms with van der Waals surface area (Å²) in [5.41, 5.74) is 1.74. The number of nitrogens with one attached hydrogen (secondary N) is 1. The first-order valence-electron chi connectivity index (χ1n) is 10.0. The topological polar surface area (TPSA) is 79.2 Å². The molecule has 5 nitrogen and oxygen atoms in total. The maximum absolute atomic E-state index is 12.7. The molecule has 0 aliphatic heterocycles. The van der Waals surface area contributed by atoms with Crippen molar-refractivity contribution in [2.24, 2.45) is 5.92 Å². The van der Waals surface area contributed by atoms with Crippen LogP contribution in [0.5, 0.6) is 0 Å². The van der Waals surface area contributed by atoms with Crippen LogP contribution in [-0.4, -0.2) is 18.5 Å². The Morgan fingerprint density at radius 3 is 2.66 bits per heavy atom.